The van der Waals surface area contributed by atoms with Crippen molar-refractivity contribution in [1.82, 2.24) is 15.3 Å². The number of rotatable bonds is 7. The molecule has 0 amide bonds. The average molecular weight is 341 g/mol. The molecule has 2 aromatic rings. The van der Waals surface area contributed by atoms with Crippen LogP contribution in [0.1, 0.15) is 31.7 Å². The predicted molar refractivity (Wildman–Crippen MR) is 101 cm³/mol. The van der Waals surface area contributed by atoms with E-state index < -0.39 is 0 Å². The SMILES string of the molecule is CC[C@@H](NC[C@H](C)c1ccc(OC)nc1)[C@H]1CNc2cccnc2N1. The molecule has 0 unspecified atom stereocenters. The van der Waals surface area contributed by atoms with Gasteiger partial charge in [-0.15, -0.1) is 0 Å². The van der Waals surface area contributed by atoms with Crippen LogP contribution < -0.4 is 20.7 Å². The van der Waals surface area contributed by atoms with Gasteiger partial charge in [-0.2, -0.15) is 0 Å². The van der Waals surface area contributed by atoms with Gasteiger partial charge in [-0.1, -0.05) is 19.9 Å². The summed E-state index contributed by atoms with van der Waals surface area (Å²) in [4.78, 5) is 8.72. The van der Waals surface area contributed by atoms with Crippen molar-refractivity contribution in [2.24, 2.45) is 0 Å². The lowest BCUT2D eigenvalue weighted by Crippen LogP contribution is -2.50. The van der Waals surface area contributed by atoms with Crippen LogP contribution in [0, 0.1) is 0 Å². The highest BCUT2D eigenvalue weighted by Gasteiger charge is 2.25. The normalized spacial score (nSPS) is 18.4. The second-order valence-corrected chi connectivity index (χ2v) is 6.49. The summed E-state index contributed by atoms with van der Waals surface area (Å²) in [6.45, 7) is 6.22. The molecule has 134 valence electrons. The number of nitrogens with one attached hydrogen (secondary N) is 3. The zero-order chi connectivity index (χ0) is 17.6. The summed E-state index contributed by atoms with van der Waals surface area (Å²) in [6.07, 6.45) is 4.77. The van der Waals surface area contributed by atoms with E-state index in [1.165, 1.54) is 5.56 Å². The van der Waals surface area contributed by atoms with Crippen molar-refractivity contribution in [2.75, 3.05) is 30.8 Å². The smallest absolute Gasteiger partial charge is 0.212 e. The molecule has 0 bridgehead atoms. The molecule has 3 rings (SSSR count). The minimum atomic E-state index is 0.314. The van der Waals surface area contributed by atoms with Crippen LogP contribution in [0.25, 0.3) is 0 Å². The van der Waals surface area contributed by atoms with Gasteiger partial charge in [-0.25, -0.2) is 9.97 Å². The highest BCUT2D eigenvalue weighted by atomic mass is 16.5. The molecule has 3 atom stereocenters. The lowest BCUT2D eigenvalue weighted by atomic mass is 10.00. The minimum Gasteiger partial charge on any atom is -0.481 e. The minimum absolute atomic E-state index is 0.314. The van der Waals surface area contributed by atoms with Crippen LogP contribution in [0.4, 0.5) is 11.5 Å². The number of methoxy groups -OCH3 is 1. The van der Waals surface area contributed by atoms with E-state index in [1.54, 1.807) is 7.11 Å². The van der Waals surface area contributed by atoms with Gasteiger partial charge in [-0.05, 0) is 30.0 Å². The highest BCUT2D eigenvalue weighted by Crippen LogP contribution is 2.24. The molecule has 25 heavy (non-hydrogen) atoms. The molecule has 3 heterocycles. The van der Waals surface area contributed by atoms with Crippen LogP contribution in [-0.4, -0.2) is 42.3 Å². The lowest BCUT2D eigenvalue weighted by Gasteiger charge is -2.34. The Kier molecular flexibility index (Phi) is 5.71. The number of aromatic nitrogens is 2. The number of hydrogen-bond donors (Lipinski definition) is 3. The average Bonchev–Trinajstić information content (AvgIpc) is 2.68. The maximum absolute atomic E-state index is 5.12. The number of anilines is 2. The van der Waals surface area contributed by atoms with Crippen molar-refractivity contribution in [2.45, 2.75) is 38.3 Å². The van der Waals surface area contributed by atoms with E-state index in [4.69, 9.17) is 4.74 Å². The predicted octanol–water partition coefficient (Wildman–Crippen LogP) is 2.86. The van der Waals surface area contributed by atoms with Gasteiger partial charge in [0, 0.05) is 37.6 Å². The third-order valence-electron chi connectivity index (χ3n) is 4.79. The molecule has 6 heteroatoms. The van der Waals surface area contributed by atoms with E-state index in [2.05, 4.69) is 51.9 Å². The van der Waals surface area contributed by atoms with Gasteiger partial charge in [0.25, 0.3) is 0 Å². The molecular weight excluding hydrogens is 314 g/mol. The Bertz CT molecular complexity index is 676. The van der Waals surface area contributed by atoms with Crippen LogP contribution in [-0.2, 0) is 0 Å². The Morgan fingerprint density at radius 3 is 2.92 bits per heavy atom. The van der Waals surface area contributed by atoms with E-state index >= 15 is 0 Å². The third kappa shape index (κ3) is 4.20. The van der Waals surface area contributed by atoms with E-state index in [-0.39, 0.29) is 0 Å². The number of nitrogens with zero attached hydrogens (tertiary/aromatic N) is 2. The van der Waals surface area contributed by atoms with Crippen LogP contribution in [0.2, 0.25) is 0 Å². The van der Waals surface area contributed by atoms with Crippen LogP contribution in [0.3, 0.4) is 0 Å². The molecule has 1 aliphatic heterocycles. The van der Waals surface area contributed by atoms with E-state index in [1.807, 2.05) is 24.5 Å². The first-order chi connectivity index (χ1) is 12.2. The van der Waals surface area contributed by atoms with E-state index in [0.29, 0.717) is 23.9 Å². The molecule has 0 fully saturated rings. The second-order valence-electron chi connectivity index (χ2n) is 6.49. The molecule has 0 saturated heterocycles. The van der Waals surface area contributed by atoms with E-state index in [9.17, 15) is 0 Å². The van der Waals surface area contributed by atoms with Crippen molar-refractivity contribution in [3.63, 3.8) is 0 Å². The summed E-state index contributed by atoms with van der Waals surface area (Å²) in [5.74, 6) is 1.97. The standard InChI is InChI=1S/C19H27N5O/c1-4-15(17-12-22-16-6-5-9-20-19(16)24-17)21-10-13(2)14-7-8-18(25-3)23-11-14/h5-9,11,13,15,17,21-22H,4,10,12H2,1-3H3,(H,20,24)/t13-,15+,17+/m0/s1. The molecule has 0 spiro atoms. The van der Waals surface area contributed by atoms with E-state index in [0.717, 1.165) is 31.0 Å². The topological polar surface area (TPSA) is 71.1 Å². The fourth-order valence-electron chi connectivity index (χ4n) is 3.17. The number of fused-ring (bicyclic) bond motifs is 1. The second kappa shape index (κ2) is 8.16. The molecule has 0 aromatic carbocycles. The van der Waals surface area contributed by atoms with Gasteiger partial charge in [-0.3, -0.25) is 0 Å². The molecule has 0 saturated carbocycles. The zero-order valence-electron chi connectivity index (χ0n) is 15.1. The first kappa shape index (κ1) is 17.5. The Morgan fingerprint density at radius 1 is 1.32 bits per heavy atom. The van der Waals surface area contributed by atoms with Gasteiger partial charge in [0.1, 0.15) is 5.82 Å². The fourth-order valence-corrected chi connectivity index (χ4v) is 3.17. The molecule has 0 aliphatic carbocycles. The first-order valence-corrected chi connectivity index (χ1v) is 8.90. The molecule has 1 aliphatic rings. The largest absolute Gasteiger partial charge is 0.481 e. The Morgan fingerprint density at radius 2 is 2.20 bits per heavy atom. The van der Waals surface area contributed by atoms with Gasteiger partial charge in [0.15, 0.2) is 0 Å². The summed E-state index contributed by atoms with van der Waals surface area (Å²) in [7, 11) is 1.64. The summed E-state index contributed by atoms with van der Waals surface area (Å²) in [5.41, 5.74) is 2.29. The highest BCUT2D eigenvalue weighted by molar-refractivity contribution is 5.66. The first-order valence-electron chi connectivity index (χ1n) is 8.90. The Labute approximate surface area is 149 Å². The maximum atomic E-state index is 5.12. The third-order valence-corrected chi connectivity index (χ3v) is 4.79. The molecular formula is C19H27N5O. The number of ether oxygens (including phenoxy) is 1. The van der Waals surface area contributed by atoms with Crippen molar-refractivity contribution in [3.8, 4) is 5.88 Å². The van der Waals surface area contributed by atoms with Crippen molar-refractivity contribution in [1.29, 1.82) is 0 Å². The molecule has 2 aromatic heterocycles. The maximum Gasteiger partial charge on any atom is 0.212 e. The lowest BCUT2D eigenvalue weighted by molar-refractivity contribution is 0.397. The van der Waals surface area contributed by atoms with Crippen LogP contribution in [0.5, 0.6) is 5.88 Å². The summed E-state index contributed by atoms with van der Waals surface area (Å²) >= 11 is 0. The van der Waals surface area contributed by atoms with Gasteiger partial charge < -0.3 is 20.7 Å². The van der Waals surface area contributed by atoms with Crippen LogP contribution in [0.15, 0.2) is 36.7 Å². The zero-order valence-corrected chi connectivity index (χ0v) is 15.1. The summed E-state index contributed by atoms with van der Waals surface area (Å²) < 4.78 is 5.12. The van der Waals surface area contributed by atoms with Crippen molar-refractivity contribution in [3.05, 3.63) is 42.2 Å². The van der Waals surface area contributed by atoms with Crippen molar-refractivity contribution < 1.29 is 4.74 Å². The fraction of sp³-hybridized carbons (Fsp3) is 0.474. The monoisotopic (exact) mass is 341 g/mol. The van der Waals surface area contributed by atoms with Gasteiger partial charge >= 0.3 is 0 Å². The quantitative estimate of drug-likeness (QED) is 0.719. The molecule has 0 radical (unpaired) electrons. The Balaban J connectivity index is 1.57. The molecule has 6 nitrogen and oxygen atoms in total. The van der Waals surface area contributed by atoms with Crippen LogP contribution >= 0.6 is 0 Å². The van der Waals surface area contributed by atoms with Gasteiger partial charge in [0.2, 0.25) is 5.88 Å². The Hall–Kier alpha value is -2.34. The number of hydrogen-bond acceptors (Lipinski definition) is 6. The van der Waals surface area contributed by atoms with Crippen molar-refractivity contribution >= 4 is 11.5 Å². The van der Waals surface area contributed by atoms with Gasteiger partial charge in [0.05, 0.1) is 18.8 Å². The molecule has 3 N–H and O–H groups in total. The number of pyridine rings is 2. The summed E-state index contributed by atoms with van der Waals surface area (Å²) in [6, 6.07) is 8.69. The summed E-state index contributed by atoms with van der Waals surface area (Å²) in [5, 5.41) is 10.7.